The van der Waals surface area contributed by atoms with Crippen molar-refractivity contribution in [3.05, 3.63) is 54.1 Å². The van der Waals surface area contributed by atoms with Gasteiger partial charge in [-0.1, -0.05) is 6.07 Å². The van der Waals surface area contributed by atoms with E-state index in [4.69, 9.17) is 9.47 Å². The molecule has 0 spiro atoms. The van der Waals surface area contributed by atoms with E-state index in [1.54, 1.807) is 42.5 Å². The highest BCUT2D eigenvalue weighted by Gasteiger charge is 2.21. The molecule has 2 rings (SSSR count). The number of hydrogen-bond acceptors (Lipinski definition) is 8. The van der Waals surface area contributed by atoms with Crippen LogP contribution in [0.15, 0.2) is 53.6 Å². The second kappa shape index (κ2) is 11.0. The Labute approximate surface area is 180 Å². The zero-order valence-corrected chi connectivity index (χ0v) is 18.1. The first-order valence-corrected chi connectivity index (χ1v) is 10.8. The Morgan fingerprint density at radius 1 is 1.10 bits per heavy atom. The SMILES string of the molecule is COC(=O)COc1ccc(/C=N\NC(=O)CN(c2cccc(OC)c2)S(C)(=O)=O)cc1. The molecule has 0 aliphatic rings. The van der Waals surface area contributed by atoms with Gasteiger partial charge in [-0.2, -0.15) is 5.10 Å². The van der Waals surface area contributed by atoms with Gasteiger partial charge in [0.25, 0.3) is 5.91 Å². The summed E-state index contributed by atoms with van der Waals surface area (Å²) in [6.45, 7) is -0.659. The number of rotatable bonds is 10. The van der Waals surface area contributed by atoms with Gasteiger partial charge >= 0.3 is 5.97 Å². The number of esters is 1. The van der Waals surface area contributed by atoms with Crippen LogP contribution in [-0.4, -0.2) is 60.1 Å². The third-order valence-electron chi connectivity index (χ3n) is 3.90. The number of hydrazone groups is 1. The number of methoxy groups -OCH3 is 2. The minimum atomic E-state index is -3.72. The summed E-state index contributed by atoms with van der Waals surface area (Å²) in [5, 5.41) is 3.84. The van der Waals surface area contributed by atoms with E-state index in [0.717, 1.165) is 10.6 Å². The molecule has 2 aromatic carbocycles. The molecule has 0 saturated carbocycles. The van der Waals surface area contributed by atoms with Gasteiger partial charge in [0.2, 0.25) is 10.0 Å². The normalized spacial score (nSPS) is 11.1. The molecule has 31 heavy (non-hydrogen) atoms. The van der Waals surface area contributed by atoms with Crippen molar-refractivity contribution in [2.45, 2.75) is 0 Å². The van der Waals surface area contributed by atoms with Crippen molar-refractivity contribution in [3.8, 4) is 11.5 Å². The molecular weight excluding hydrogens is 426 g/mol. The molecule has 0 fully saturated rings. The number of carbonyl (C=O) groups excluding carboxylic acids is 2. The predicted octanol–water partition coefficient (Wildman–Crippen LogP) is 1.16. The molecule has 166 valence electrons. The maximum absolute atomic E-state index is 12.2. The molecule has 1 N–H and O–H groups in total. The number of nitrogens with zero attached hydrogens (tertiary/aromatic N) is 2. The van der Waals surface area contributed by atoms with Gasteiger partial charge in [0, 0.05) is 6.07 Å². The van der Waals surface area contributed by atoms with E-state index in [1.165, 1.54) is 26.5 Å². The standard InChI is InChI=1S/C20H23N3O7S/c1-28-18-6-4-5-16(11-18)23(31(3,26)27)13-19(24)22-21-12-15-7-9-17(10-8-15)30-14-20(25)29-2/h4-12H,13-14H2,1-3H3,(H,22,24)/b21-12-. The molecule has 0 saturated heterocycles. The minimum Gasteiger partial charge on any atom is -0.497 e. The van der Waals surface area contributed by atoms with Gasteiger partial charge in [-0.15, -0.1) is 0 Å². The molecule has 0 aliphatic carbocycles. The Morgan fingerprint density at radius 3 is 2.42 bits per heavy atom. The van der Waals surface area contributed by atoms with E-state index in [9.17, 15) is 18.0 Å². The molecule has 1 amide bonds. The third kappa shape index (κ3) is 7.63. The quantitative estimate of drug-likeness (QED) is 0.328. The molecular formula is C20H23N3O7S. The van der Waals surface area contributed by atoms with Crippen molar-refractivity contribution < 1.29 is 32.2 Å². The van der Waals surface area contributed by atoms with E-state index in [1.807, 2.05) is 0 Å². The highest BCUT2D eigenvalue weighted by Crippen LogP contribution is 2.22. The summed E-state index contributed by atoms with van der Waals surface area (Å²) < 4.78 is 40.0. The topological polar surface area (TPSA) is 124 Å². The molecule has 0 radical (unpaired) electrons. The number of benzene rings is 2. The van der Waals surface area contributed by atoms with Gasteiger partial charge in [-0.05, 0) is 42.0 Å². The van der Waals surface area contributed by atoms with Crippen LogP contribution < -0.4 is 19.2 Å². The number of hydrogen-bond donors (Lipinski definition) is 1. The van der Waals surface area contributed by atoms with Crippen LogP contribution in [0.4, 0.5) is 5.69 Å². The minimum absolute atomic E-state index is 0.204. The van der Waals surface area contributed by atoms with E-state index in [-0.39, 0.29) is 6.61 Å². The number of sulfonamides is 1. The lowest BCUT2D eigenvalue weighted by molar-refractivity contribution is -0.142. The fraction of sp³-hybridized carbons (Fsp3) is 0.250. The lowest BCUT2D eigenvalue weighted by atomic mass is 10.2. The maximum atomic E-state index is 12.2. The van der Waals surface area contributed by atoms with Crippen molar-refractivity contribution in [2.75, 3.05) is 37.9 Å². The summed E-state index contributed by atoms with van der Waals surface area (Å²) in [5.41, 5.74) is 3.24. The van der Waals surface area contributed by atoms with Crippen LogP contribution in [0.25, 0.3) is 0 Å². The molecule has 0 atom stereocenters. The monoisotopic (exact) mass is 449 g/mol. The van der Waals surface area contributed by atoms with Gasteiger partial charge in [-0.3, -0.25) is 9.10 Å². The predicted molar refractivity (Wildman–Crippen MR) is 115 cm³/mol. The number of ether oxygens (including phenoxy) is 3. The molecule has 0 heterocycles. The molecule has 11 heteroatoms. The van der Waals surface area contributed by atoms with Crippen molar-refractivity contribution in [3.63, 3.8) is 0 Å². The van der Waals surface area contributed by atoms with E-state index >= 15 is 0 Å². The summed E-state index contributed by atoms with van der Waals surface area (Å²) >= 11 is 0. The highest BCUT2D eigenvalue weighted by molar-refractivity contribution is 7.92. The lowest BCUT2D eigenvalue weighted by Crippen LogP contribution is -2.39. The third-order valence-corrected chi connectivity index (χ3v) is 5.04. The number of amides is 1. The fourth-order valence-corrected chi connectivity index (χ4v) is 3.21. The van der Waals surface area contributed by atoms with E-state index in [0.29, 0.717) is 22.7 Å². The molecule has 2 aromatic rings. The van der Waals surface area contributed by atoms with Gasteiger partial charge in [0.15, 0.2) is 6.61 Å². The van der Waals surface area contributed by atoms with Crippen LogP contribution in [0.5, 0.6) is 11.5 Å². The lowest BCUT2D eigenvalue weighted by Gasteiger charge is -2.21. The Bertz CT molecular complexity index is 1040. The second-order valence-electron chi connectivity index (χ2n) is 6.20. The Balaban J connectivity index is 1.97. The average molecular weight is 449 g/mol. The number of nitrogens with one attached hydrogen (secondary N) is 1. The Hall–Kier alpha value is -3.60. The summed E-state index contributed by atoms with van der Waals surface area (Å²) in [6.07, 6.45) is 2.39. The Morgan fingerprint density at radius 2 is 1.81 bits per heavy atom. The molecule has 0 aromatic heterocycles. The summed E-state index contributed by atoms with van der Waals surface area (Å²) in [4.78, 5) is 23.3. The first-order valence-electron chi connectivity index (χ1n) is 8.96. The first kappa shape index (κ1) is 23.7. The van der Waals surface area contributed by atoms with Crippen LogP contribution in [0, 0.1) is 0 Å². The highest BCUT2D eigenvalue weighted by atomic mass is 32.2. The molecule has 0 unspecified atom stereocenters. The number of carbonyl (C=O) groups is 2. The van der Waals surface area contributed by atoms with Crippen molar-refractivity contribution in [2.24, 2.45) is 5.10 Å². The number of anilines is 1. The summed E-state index contributed by atoms with van der Waals surface area (Å²) in [6, 6.07) is 13.0. The van der Waals surface area contributed by atoms with Gasteiger partial charge in [-0.25, -0.2) is 18.6 Å². The van der Waals surface area contributed by atoms with Crippen molar-refractivity contribution in [1.82, 2.24) is 5.43 Å². The van der Waals surface area contributed by atoms with Gasteiger partial charge in [0.05, 0.1) is 32.4 Å². The molecule has 0 bridgehead atoms. The van der Waals surface area contributed by atoms with Crippen LogP contribution in [0.1, 0.15) is 5.56 Å². The average Bonchev–Trinajstić information content (AvgIpc) is 2.76. The van der Waals surface area contributed by atoms with Crippen molar-refractivity contribution >= 4 is 33.8 Å². The largest absolute Gasteiger partial charge is 0.497 e. The fourth-order valence-electron chi connectivity index (χ4n) is 2.36. The van der Waals surface area contributed by atoms with Gasteiger partial charge < -0.3 is 14.2 Å². The van der Waals surface area contributed by atoms with E-state index in [2.05, 4.69) is 15.3 Å². The maximum Gasteiger partial charge on any atom is 0.343 e. The molecule has 0 aliphatic heterocycles. The smallest absolute Gasteiger partial charge is 0.343 e. The first-order chi connectivity index (χ1) is 14.7. The summed E-state index contributed by atoms with van der Waals surface area (Å²) in [7, 11) is -0.985. The Kier molecular flexibility index (Phi) is 8.38. The van der Waals surface area contributed by atoms with Crippen LogP contribution in [-0.2, 0) is 24.3 Å². The zero-order valence-electron chi connectivity index (χ0n) is 17.3. The second-order valence-corrected chi connectivity index (χ2v) is 8.10. The van der Waals surface area contributed by atoms with Crippen LogP contribution >= 0.6 is 0 Å². The van der Waals surface area contributed by atoms with Crippen molar-refractivity contribution in [1.29, 1.82) is 0 Å². The van der Waals surface area contributed by atoms with Crippen LogP contribution in [0.2, 0.25) is 0 Å². The summed E-state index contributed by atoms with van der Waals surface area (Å²) in [5.74, 6) is -0.190. The van der Waals surface area contributed by atoms with Crippen LogP contribution in [0.3, 0.4) is 0 Å². The van der Waals surface area contributed by atoms with E-state index < -0.39 is 28.4 Å². The van der Waals surface area contributed by atoms with Gasteiger partial charge in [0.1, 0.15) is 18.0 Å². The molecule has 10 nitrogen and oxygen atoms in total. The zero-order chi connectivity index (χ0) is 22.9.